The van der Waals surface area contributed by atoms with Crippen LogP contribution in [-0.2, 0) is 16.1 Å². The molecule has 0 aliphatic heterocycles. The number of nitrogens with zero attached hydrogens (tertiary/aromatic N) is 2. The zero-order valence-electron chi connectivity index (χ0n) is 16.1. The Kier molecular flexibility index (Phi) is 5.76. The lowest BCUT2D eigenvalue weighted by molar-refractivity contribution is -0.147. The molecule has 0 unspecified atom stereocenters. The summed E-state index contributed by atoms with van der Waals surface area (Å²) in [5.74, 6) is 1.36. The molecule has 0 amide bonds. The van der Waals surface area contributed by atoms with Gasteiger partial charge in [0.15, 0.2) is 11.6 Å². The molecule has 152 valence electrons. The third kappa shape index (κ3) is 4.66. The van der Waals surface area contributed by atoms with Crippen LogP contribution in [0.1, 0.15) is 11.4 Å². The second-order valence-electron chi connectivity index (χ2n) is 6.42. The molecule has 4 rings (SSSR count). The fourth-order valence-corrected chi connectivity index (χ4v) is 3.63. The summed E-state index contributed by atoms with van der Waals surface area (Å²) >= 11 is 1.36. The molecule has 7 nitrogen and oxygen atoms in total. The van der Waals surface area contributed by atoms with E-state index in [2.05, 4.69) is 4.98 Å². The number of aryl methyl sites for hydroxylation is 1. The van der Waals surface area contributed by atoms with Crippen LogP contribution in [0.3, 0.4) is 0 Å². The first-order valence-electron chi connectivity index (χ1n) is 9.17. The van der Waals surface area contributed by atoms with E-state index in [1.54, 1.807) is 24.3 Å². The van der Waals surface area contributed by atoms with Crippen molar-refractivity contribution in [3.05, 3.63) is 87.8 Å². The lowest BCUT2D eigenvalue weighted by Gasteiger charge is -2.09. The summed E-state index contributed by atoms with van der Waals surface area (Å²) in [6.45, 7) is 1.50. The number of carbonyl (C=O) groups excluding carboxylic acids is 1. The molecule has 0 aliphatic rings. The highest BCUT2D eigenvalue weighted by atomic mass is 32.1. The Balaban J connectivity index is 1.28. The van der Waals surface area contributed by atoms with E-state index in [4.69, 9.17) is 14.2 Å². The van der Waals surface area contributed by atoms with Gasteiger partial charge >= 0.3 is 5.97 Å². The van der Waals surface area contributed by atoms with Crippen molar-refractivity contribution in [3.63, 3.8) is 0 Å². The molecule has 30 heavy (non-hydrogen) atoms. The van der Waals surface area contributed by atoms with Crippen molar-refractivity contribution in [2.45, 2.75) is 13.5 Å². The van der Waals surface area contributed by atoms with Crippen LogP contribution in [0.4, 0.5) is 0 Å². The van der Waals surface area contributed by atoms with E-state index >= 15 is 0 Å². The third-order valence-electron chi connectivity index (χ3n) is 4.17. The minimum atomic E-state index is -0.552. The van der Waals surface area contributed by atoms with Gasteiger partial charge in [0.1, 0.15) is 23.9 Å². The number of para-hydroxylation sites is 1. The molecule has 0 fully saturated rings. The maximum atomic E-state index is 12.1. The summed E-state index contributed by atoms with van der Waals surface area (Å²) in [7, 11) is 0. The van der Waals surface area contributed by atoms with Gasteiger partial charge in [-0.25, -0.2) is 9.78 Å². The van der Waals surface area contributed by atoms with E-state index in [0.717, 1.165) is 11.4 Å². The highest BCUT2D eigenvalue weighted by Crippen LogP contribution is 2.23. The van der Waals surface area contributed by atoms with Crippen LogP contribution in [0.25, 0.3) is 4.96 Å². The number of hydrogen-bond donors (Lipinski definition) is 0. The van der Waals surface area contributed by atoms with E-state index < -0.39 is 5.97 Å². The van der Waals surface area contributed by atoms with Gasteiger partial charge in [-0.1, -0.05) is 18.2 Å². The van der Waals surface area contributed by atoms with Gasteiger partial charge in [-0.05, 0) is 43.3 Å². The van der Waals surface area contributed by atoms with Crippen molar-refractivity contribution in [2.75, 3.05) is 6.61 Å². The van der Waals surface area contributed by atoms with Crippen molar-refractivity contribution < 1.29 is 19.0 Å². The second kappa shape index (κ2) is 8.79. The van der Waals surface area contributed by atoms with Gasteiger partial charge in [0.25, 0.3) is 5.56 Å². The van der Waals surface area contributed by atoms with E-state index in [-0.39, 0.29) is 18.8 Å². The lowest BCUT2D eigenvalue weighted by atomic mass is 10.3. The van der Waals surface area contributed by atoms with Crippen molar-refractivity contribution in [1.82, 2.24) is 9.38 Å². The van der Waals surface area contributed by atoms with Gasteiger partial charge in [-0.15, -0.1) is 11.3 Å². The van der Waals surface area contributed by atoms with Crippen LogP contribution in [-0.4, -0.2) is 22.0 Å². The van der Waals surface area contributed by atoms with Crippen LogP contribution in [0.2, 0.25) is 0 Å². The van der Waals surface area contributed by atoms with Gasteiger partial charge < -0.3 is 14.2 Å². The standard InChI is InChI=1S/C22H18N2O5S/c1-15-14-30-22-23-16(11-20(25)24(15)22)12-28-21(26)13-27-17-7-9-19(10-8-17)29-18-5-3-2-4-6-18/h2-11,14H,12-13H2,1H3. The molecule has 0 saturated carbocycles. The smallest absolute Gasteiger partial charge is 0.344 e. The number of hydrogen-bond acceptors (Lipinski definition) is 7. The lowest BCUT2D eigenvalue weighted by Crippen LogP contribution is -2.18. The van der Waals surface area contributed by atoms with Crippen LogP contribution < -0.4 is 15.0 Å². The summed E-state index contributed by atoms with van der Waals surface area (Å²) in [4.78, 5) is 29.0. The van der Waals surface area contributed by atoms with Crippen LogP contribution in [0.5, 0.6) is 17.2 Å². The predicted octanol–water partition coefficient (Wildman–Crippen LogP) is 3.98. The van der Waals surface area contributed by atoms with Gasteiger partial charge in [0.2, 0.25) is 0 Å². The first-order valence-corrected chi connectivity index (χ1v) is 10.0. The number of ether oxygens (including phenoxy) is 3. The highest BCUT2D eigenvalue weighted by Gasteiger charge is 2.10. The van der Waals surface area contributed by atoms with Gasteiger partial charge in [0, 0.05) is 17.1 Å². The Hall–Kier alpha value is -3.65. The van der Waals surface area contributed by atoms with E-state index in [9.17, 15) is 9.59 Å². The molecule has 8 heteroatoms. The summed E-state index contributed by atoms with van der Waals surface area (Å²) in [6.07, 6.45) is 0. The maximum Gasteiger partial charge on any atom is 0.344 e. The Morgan fingerprint density at radius 2 is 1.73 bits per heavy atom. The van der Waals surface area contributed by atoms with Crippen molar-refractivity contribution in [3.8, 4) is 17.2 Å². The van der Waals surface area contributed by atoms with Crippen molar-refractivity contribution in [2.24, 2.45) is 0 Å². The fourth-order valence-electron chi connectivity index (χ4n) is 2.74. The van der Waals surface area contributed by atoms with Crippen LogP contribution >= 0.6 is 11.3 Å². The van der Waals surface area contributed by atoms with Gasteiger partial charge in [-0.3, -0.25) is 9.20 Å². The molecule has 2 aromatic heterocycles. The van der Waals surface area contributed by atoms with Crippen molar-refractivity contribution >= 4 is 22.3 Å². The van der Waals surface area contributed by atoms with Gasteiger partial charge in [-0.2, -0.15) is 0 Å². The molecule has 2 heterocycles. The summed E-state index contributed by atoms with van der Waals surface area (Å²) < 4.78 is 17.8. The molecule has 0 N–H and O–H groups in total. The Bertz CT molecular complexity index is 1220. The molecule has 0 atom stereocenters. The molecular formula is C22H18N2O5S. The van der Waals surface area contributed by atoms with Crippen molar-refractivity contribution in [1.29, 1.82) is 0 Å². The van der Waals surface area contributed by atoms with Gasteiger partial charge in [0.05, 0.1) is 5.69 Å². The average molecular weight is 422 g/mol. The predicted molar refractivity (Wildman–Crippen MR) is 112 cm³/mol. The largest absolute Gasteiger partial charge is 0.482 e. The summed E-state index contributed by atoms with van der Waals surface area (Å²) in [5, 5.41) is 1.85. The number of esters is 1. The average Bonchev–Trinajstić information content (AvgIpc) is 3.13. The number of rotatable bonds is 7. The minimum absolute atomic E-state index is 0.0886. The second-order valence-corrected chi connectivity index (χ2v) is 7.25. The Morgan fingerprint density at radius 1 is 1.03 bits per heavy atom. The Labute approximate surface area is 176 Å². The molecule has 0 spiro atoms. The number of thiazole rings is 1. The zero-order valence-corrected chi connectivity index (χ0v) is 16.9. The van der Waals surface area contributed by atoms with Crippen LogP contribution in [0, 0.1) is 6.92 Å². The molecular weight excluding hydrogens is 404 g/mol. The molecule has 0 aliphatic carbocycles. The number of carbonyl (C=O) groups is 1. The quantitative estimate of drug-likeness (QED) is 0.419. The fraction of sp³-hybridized carbons (Fsp3) is 0.136. The topological polar surface area (TPSA) is 79.1 Å². The number of benzene rings is 2. The minimum Gasteiger partial charge on any atom is -0.482 e. The molecule has 4 aromatic rings. The monoisotopic (exact) mass is 422 g/mol. The number of aromatic nitrogens is 2. The Morgan fingerprint density at radius 3 is 2.50 bits per heavy atom. The SMILES string of the molecule is Cc1csc2nc(COC(=O)COc3ccc(Oc4ccccc4)cc3)cc(=O)n12. The normalized spacial score (nSPS) is 10.7. The first kappa shape index (κ1) is 19.7. The summed E-state index contributed by atoms with van der Waals surface area (Å²) in [6, 6.07) is 17.7. The third-order valence-corrected chi connectivity index (χ3v) is 5.11. The van der Waals surface area contributed by atoms with E-state index in [0.29, 0.717) is 22.2 Å². The molecule has 0 radical (unpaired) electrons. The van der Waals surface area contributed by atoms with E-state index in [1.807, 2.05) is 42.6 Å². The van der Waals surface area contributed by atoms with E-state index in [1.165, 1.54) is 21.8 Å². The maximum absolute atomic E-state index is 12.1. The summed E-state index contributed by atoms with van der Waals surface area (Å²) in [5.41, 5.74) is 1.03. The zero-order chi connectivity index (χ0) is 20.9. The molecule has 0 saturated heterocycles. The van der Waals surface area contributed by atoms with Crippen LogP contribution in [0.15, 0.2) is 70.8 Å². The first-order chi connectivity index (χ1) is 14.6. The number of fused-ring (bicyclic) bond motifs is 1. The highest BCUT2D eigenvalue weighted by molar-refractivity contribution is 7.15. The molecule has 2 aromatic carbocycles. The molecule has 0 bridgehead atoms.